The molecule has 11 nitrogen and oxygen atoms in total. The molecule has 2 aromatic carbocycles. The number of nitro groups is 1. The first-order valence-electron chi connectivity index (χ1n) is 11.5. The molecular formula is C24H25N3O8. The number of nitrogens with one attached hydrogen (secondary N) is 1. The zero-order chi connectivity index (χ0) is 24.4. The lowest BCUT2D eigenvalue weighted by Gasteiger charge is -2.30. The van der Waals surface area contributed by atoms with Gasteiger partial charge in [0.1, 0.15) is 0 Å². The van der Waals surface area contributed by atoms with Crippen LogP contribution in [0.2, 0.25) is 0 Å². The predicted molar refractivity (Wildman–Crippen MR) is 124 cm³/mol. The van der Waals surface area contributed by atoms with Crippen LogP contribution >= 0.6 is 0 Å². The average molecular weight is 483 g/mol. The van der Waals surface area contributed by atoms with Crippen molar-refractivity contribution in [2.24, 2.45) is 0 Å². The van der Waals surface area contributed by atoms with Crippen molar-refractivity contribution in [1.82, 2.24) is 0 Å². The van der Waals surface area contributed by atoms with Gasteiger partial charge in [-0.05, 0) is 31.0 Å². The van der Waals surface area contributed by atoms with Crippen molar-refractivity contribution in [2.45, 2.75) is 31.5 Å². The van der Waals surface area contributed by atoms with E-state index in [1.165, 1.54) is 18.2 Å². The summed E-state index contributed by atoms with van der Waals surface area (Å²) in [7, 11) is 0. The van der Waals surface area contributed by atoms with Gasteiger partial charge in [-0.3, -0.25) is 14.9 Å². The van der Waals surface area contributed by atoms with Crippen molar-refractivity contribution < 1.29 is 33.5 Å². The van der Waals surface area contributed by atoms with E-state index in [0.717, 1.165) is 25.7 Å². The molecule has 184 valence electrons. The molecule has 11 heteroatoms. The normalized spacial score (nSPS) is 17.9. The molecule has 0 radical (unpaired) electrons. The van der Waals surface area contributed by atoms with Crippen molar-refractivity contribution >= 4 is 28.9 Å². The van der Waals surface area contributed by atoms with Crippen LogP contribution in [0.4, 0.5) is 17.1 Å². The lowest BCUT2D eigenvalue weighted by atomic mass is 10.1. The topological polar surface area (TPSA) is 129 Å². The van der Waals surface area contributed by atoms with Crippen molar-refractivity contribution in [1.29, 1.82) is 0 Å². The van der Waals surface area contributed by atoms with Crippen LogP contribution in [0.3, 0.4) is 0 Å². The van der Waals surface area contributed by atoms with Crippen LogP contribution < -0.4 is 19.7 Å². The Labute approximate surface area is 201 Å². The van der Waals surface area contributed by atoms with E-state index < -0.39 is 29.2 Å². The van der Waals surface area contributed by atoms with E-state index in [4.69, 9.17) is 18.9 Å². The van der Waals surface area contributed by atoms with E-state index >= 15 is 0 Å². The lowest BCUT2D eigenvalue weighted by Crippen LogP contribution is -2.37. The Balaban J connectivity index is 1.23. The summed E-state index contributed by atoms with van der Waals surface area (Å²) in [5.74, 6) is -0.770. The number of amides is 1. The third-order valence-electron chi connectivity index (χ3n) is 6.28. The zero-order valence-electron chi connectivity index (χ0n) is 19.0. The van der Waals surface area contributed by atoms with E-state index in [1.807, 2.05) is 4.90 Å². The minimum Gasteiger partial charge on any atom is -0.452 e. The van der Waals surface area contributed by atoms with E-state index in [-0.39, 0.29) is 11.3 Å². The number of esters is 1. The highest BCUT2D eigenvalue weighted by atomic mass is 16.7. The Kier molecular flexibility index (Phi) is 6.16. The summed E-state index contributed by atoms with van der Waals surface area (Å²) in [6.07, 6.45) is 3.73. The first kappa shape index (κ1) is 22.9. The molecule has 2 aliphatic heterocycles. The summed E-state index contributed by atoms with van der Waals surface area (Å²) < 4.78 is 22.5. The van der Waals surface area contributed by atoms with Gasteiger partial charge in [0.2, 0.25) is 0 Å². The highest BCUT2D eigenvalue weighted by Crippen LogP contribution is 2.47. The monoisotopic (exact) mass is 483 g/mol. The first-order valence-corrected chi connectivity index (χ1v) is 11.5. The summed E-state index contributed by atoms with van der Waals surface area (Å²) in [4.78, 5) is 37.8. The maximum Gasteiger partial charge on any atom is 0.341 e. The zero-order valence-corrected chi connectivity index (χ0v) is 19.0. The van der Waals surface area contributed by atoms with Crippen molar-refractivity contribution in [3.05, 3.63) is 52.1 Å². The van der Waals surface area contributed by atoms with Crippen LogP contribution in [0, 0.1) is 10.1 Å². The molecule has 1 spiro atoms. The fourth-order valence-electron chi connectivity index (χ4n) is 4.58. The fourth-order valence-corrected chi connectivity index (χ4v) is 4.58. The number of anilines is 2. The molecule has 1 saturated carbocycles. The second kappa shape index (κ2) is 9.41. The number of nitro benzene ring substituents is 1. The van der Waals surface area contributed by atoms with Crippen LogP contribution in [0.15, 0.2) is 36.4 Å². The van der Waals surface area contributed by atoms with Gasteiger partial charge in [0, 0.05) is 49.8 Å². The van der Waals surface area contributed by atoms with Gasteiger partial charge in [-0.2, -0.15) is 0 Å². The number of ether oxygens (including phenoxy) is 4. The second-order valence-electron chi connectivity index (χ2n) is 8.67. The number of morpholine rings is 1. The average Bonchev–Trinajstić information content (AvgIpc) is 3.47. The van der Waals surface area contributed by atoms with Crippen LogP contribution in [0.1, 0.15) is 36.0 Å². The quantitative estimate of drug-likeness (QED) is 0.374. The molecule has 2 heterocycles. The number of nitrogens with zero attached hydrogens (tertiary/aromatic N) is 2. The predicted octanol–water partition coefficient (Wildman–Crippen LogP) is 3.27. The first-order chi connectivity index (χ1) is 16.9. The molecule has 2 aromatic rings. The van der Waals surface area contributed by atoms with E-state index in [2.05, 4.69) is 5.32 Å². The number of fused-ring (bicyclic) bond motifs is 1. The smallest absolute Gasteiger partial charge is 0.341 e. The minimum atomic E-state index is -0.820. The molecule has 1 aliphatic carbocycles. The number of carbonyl (C=O) groups is 2. The summed E-state index contributed by atoms with van der Waals surface area (Å²) in [6, 6.07) is 9.13. The second-order valence-corrected chi connectivity index (χ2v) is 8.67. The summed E-state index contributed by atoms with van der Waals surface area (Å²) >= 11 is 0. The maximum absolute atomic E-state index is 12.8. The highest BCUT2D eigenvalue weighted by molar-refractivity contribution is 5.99. The Morgan fingerprint density at radius 2 is 1.80 bits per heavy atom. The van der Waals surface area contributed by atoms with Gasteiger partial charge in [0.15, 0.2) is 18.1 Å². The van der Waals surface area contributed by atoms with Gasteiger partial charge in [0.25, 0.3) is 17.4 Å². The van der Waals surface area contributed by atoms with Crippen molar-refractivity contribution in [3.8, 4) is 11.5 Å². The molecule has 0 aromatic heterocycles. The van der Waals surface area contributed by atoms with Gasteiger partial charge >= 0.3 is 5.97 Å². The molecule has 3 aliphatic rings. The molecule has 0 atom stereocenters. The molecule has 2 fully saturated rings. The van der Waals surface area contributed by atoms with Crippen molar-refractivity contribution in [2.75, 3.05) is 43.1 Å². The number of rotatable bonds is 6. The lowest BCUT2D eigenvalue weighted by molar-refractivity contribution is -0.384. The van der Waals surface area contributed by atoms with Crippen LogP contribution in [0.25, 0.3) is 0 Å². The Bertz CT molecular complexity index is 1160. The van der Waals surface area contributed by atoms with E-state index in [1.54, 1.807) is 18.2 Å². The number of non-ortho nitro benzene ring substituents is 1. The fraction of sp³-hybridized carbons (Fsp3) is 0.417. The van der Waals surface area contributed by atoms with E-state index in [0.29, 0.717) is 49.2 Å². The SMILES string of the molecule is O=C(COC(=O)c1cc([N+](=O)[O-])ccc1N1CCOCC1)Nc1ccc2c(c1)OC1(CCCC1)O2. The van der Waals surface area contributed by atoms with Crippen LogP contribution in [0.5, 0.6) is 11.5 Å². The molecule has 1 N–H and O–H groups in total. The van der Waals surface area contributed by atoms with Gasteiger partial charge in [0.05, 0.1) is 29.4 Å². The number of carbonyl (C=O) groups excluding carboxylic acids is 2. The summed E-state index contributed by atoms with van der Waals surface area (Å²) in [6.45, 7) is 1.46. The number of benzene rings is 2. The summed E-state index contributed by atoms with van der Waals surface area (Å²) in [5.41, 5.74) is 0.770. The van der Waals surface area contributed by atoms with Gasteiger partial charge in [-0.1, -0.05) is 0 Å². The molecule has 0 bridgehead atoms. The van der Waals surface area contributed by atoms with Crippen LogP contribution in [-0.4, -0.2) is 55.5 Å². The molecule has 1 amide bonds. The van der Waals surface area contributed by atoms with Gasteiger partial charge < -0.3 is 29.2 Å². The molecule has 0 unspecified atom stereocenters. The third-order valence-corrected chi connectivity index (χ3v) is 6.28. The molecule has 35 heavy (non-hydrogen) atoms. The van der Waals surface area contributed by atoms with Gasteiger partial charge in [-0.15, -0.1) is 0 Å². The Morgan fingerprint density at radius 1 is 1.06 bits per heavy atom. The van der Waals surface area contributed by atoms with Crippen molar-refractivity contribution in [3.63, 3.8) is 0 Å². The minimum absolute atomic E-state index is 0.0267. The van der Waals surface area contributed by atoms with Gasteiger partial charge in [-0.25, -0.2) is 4.79 Å². The molecule has 1 saturated heterocycles. The third kappa shape index (κ3) is 4.85. The molecule has 5 rings (SSSR count). The highest BCUT2D eigenvalue weighted by Gasteiger charge is 2.44. The largest absolute Gasteiger partial charge is 0.452 e. The van der Waals surface area contributed by atoms with Crippen LogP contribution in [-0.2, 0) is 14.3 Å². The standard InChI is InChI=1S/C24H25N3O8/c28-22(25-16-3-6-20-21(13-16)35-24(34-20)7-1-2-8-24)15-33-23(29)18-14-17(27(30)31)4-5-19(18)26-9-11-32-12-10-26/h3-6,13-14H,1-2,7-12,15H2,(H,25,28). The molecular weight excluding hydrogens is 458 g/mol. The number of hydrogen-bond donors (Lipinski definition) is 1. The Morgan fingerprint density at radius 3 is 2.54 bits per heavy atom. The number of hydrogen-bond acceptors (Lipinski definition) is 9. The maximum atomic E-state index is 12.8. The Hall–Kier alpha value is -3.86. The summed E-state index contributed by atoms with van der Waals surface area (Å²) in [5, 5.41) is 13.9. The van der Waals surface area contributed by atoms with E-state index in [9.17, 15) is 19.7 Å².